The van der Waals surface area contributed by atoms with Crippen LogP contribution in [0.4, 0.5) is 5.69 Å². The quantitative estimate of drug-likeness (QED) is 0.569. The molecule has 1 heterocycles. The lowest BCUT2D eigenvalue weighted by Crippen LogP contribution is -1.93. The average molecular weight is 343 g/mol. The zero-order valence-corrected chi connectivity index (χ0v) is 12.5. The highest BCUT2D eigenvalue weighted by Crippen LogP contribution is 2.21. The van der Waals surface area contributed by atoms with Crippen molar-refractivity contribution in [3.63, 3.8) is 0 Å². The molecule has 3 rings (SSSR count). The van der Waals surface area contributed by atoms with Gasteiger partial charge in [-0.2, -0.15) is 0 Å². The first-order valence-corrected chi connectivity index (χ1v) is 7.09. The number of nitrogens with one attached hydrogen (secondary N) is 1. The number of hydrogen-bond donors (Lipinski definition) is 1. The first kappa shape index (κ1) is 13.6. The van der Waals surface area contributed by atoms with Crippen LogP contribution in [0, 0.1) is 0 Å². The molecular weight excluding hydrogens is 332 g/mol. The summed E-state index contributed by atoms with van der Waals surface area (Å²) in [7, 11) is 0. The third-order valence-corrected chi connectivity index (χ3v) is 3.38. The second-order valence-corrected chi connectivity index (χ2v) is 5.27. The summed E-state index contributed by atoms with van der Waals surface area (Å²) in [4.78, 5) is 15.6. The summed E-state index contributed by atoms with van der Waals surface area (Å²) in [6.07, 6.45) is 2.30. The summed E-state index contributed by atoms with van der Waals surface area (Å²) >= 11 is 3.39. The summed E-state index contributed by atoms with van der Waals surface area (Å²) in [5, 5.41) is 3.06. The van der Waals surface area contributed by atoms with Crippen molar-refractivity contribution in [1.29, 1.82) is 0 Å². The minimum Gasteiger partial charge on any atom is -0.436 e. The smallest absolute Gasteiger partial charge is 0.232 e. The molecule has 0 aliphatic heterocycles. The van der Waals surface area contributed by atoms with Crippen LogP contribution in [0.3, 0.4) is 0 Å². The maximum atomic E-state index is 11.3. The van der Waals surface area contributed by atoms with E-state index >= 15 is 0 Å². The number of allylic oxidation sites excluding steroid dienone is 1. The van der Waals surface area contributed by atoms with E-state index in [1.165, 1.54) is 0 Å². The topological polar surface area (TPSA) is 55.1 Å². The third-order valence-electron chi connectivity index (χ3n) is 2.89. The molecule has 0 saturated heterocycles. The van der Waals surface area contributed by atoms with Crippen molar-refractivity contribution in [1.82, 2.24) is 4.98 Å². The number of para-hydroxylation sites is 2. The number of fused-ring (bicyclic) bond motifs is 1. The van der Waals surface area contributed by atoms with Crippen LogP contribution in [0.15, 0.2) is 63.6 Å². The van der Waals surface area contributed by atoms with Gasteiger partial charge in [-0.3, -0.25) is 4.79 Å². The van der Waals surface area contributed by atoms with E-state index in [9.17, 15) is 4.79 Å². The molecule has 1 N–H and O–H groups in total. The molecule has 0 fully saturated rings. The highest BCUT2D eigenvalue weighted by molar-refractivity contribution is 9.10. The van der Waals surface area contributed by atoms with E-state index in [4.69, 9.17) is 4.42 Å². The average Bonchev–Trinajstić information content (AvgIpc) is 2.91. The molecule has 4 nitrogen and oxygen atoms in total. The molecule has 0 radical (unpaired) electrons. The Hall–Kier alpha value is -2.40. The van der Waals surface area contributed by atoms with Gasteiger partial charge in [-0.1, -0.05) is 34.1 Å². The van der Waals surface area contributed by atoms with Crippen molar-refractivity contribution >= 4 is 44.6 Å². The number of hydrogen-bond acceptors (Lipinski definition) is 4. The molecule has 0 atom stereocenters. The Bertz CT molecular complexity index is 791. The van der Waals surface area contributed by atoms with E-state index in [0.29, 0.717) is 17.0 Å². The molecular formula is C16H11BrN2O2. The van der Waals surface area contributed by atoms with Crippen molar-refractivity contribution < 1.29 is 9.21 Å². The summed E-state index contributed by atoms with van der Waals surface area (Å²) in [5.74, 6) is 0.300. The van der Waals surface area contributed by atoms with Gasteiger partial charge in [0.25, 0.3) is 0 Å². The highest BCUT2D eigenvalue weighted by Gasteiger charge is 2.09. The fraction of sp³-hybridized carbons (Fsp3) is 0. The minimum atomic E-state index is 0.300. The van der Waals surface area contributed by atoms with Crippen LogP contribution in [0.1, 0.15) is 5.89 Å². The Morgan fingerprint density at radius 1 is 1.19 bits per heavy atom. The van der Waals surface area contributed by atoms with Crippen LogP contribution in [0.2, 0.25) is 0 Å². The first-order chi connectivity index (χ1) is 10.3. The molecule has 0 saturated carbocycles. The number of carbonyl (C=O) groups is 1. The molecule has 0 aliphatic rings. The number of benzene rings is 2. The van der Waals surface area contributed by atoms with Gasteiger partial charge in [-0.05, 0) is 30.3 Å². The lowest BCUT2D eigenvalue weighted by molar-refractivity contribution is -0.103. The predicted molar refractivity (Wildman–Crippen MR) is 85.8 cm³/mol. The van der Waals surface area contributed by atoms with Crippen LogP contribution < -0.4 is 5.32 Å². The minimum absolute atomic E-state index is 0.300. The van der Waals surface area contributed by atoms with E-state index in [0.717, 1.165) is 22.0 Å². The number of carbonyl (C=O) groups excluding carboxylic acids is 1. The van der Waals surface area contributed by atoms with Gasteiger partial charge in [0.2, 0.25) is 5.89 Å². The Balaban J connectivity index is 1.90. The van der Waals surface area contributed by atoms with Gasteiger partial charge in [0.1, 0.15) is 5.52 Å². The Labute approximate surface area is 129 Å². The van der Waals surface area contributed by atoms with E-state index < -0.39 is 0 Å². The molecule has 3 aromatic rings. The Morgan fingerprint density at radius 2 is 2.05 bits per heavy atom. The third kappa shape index (κ3) is 3.03. The monoisotopic (exact) mass is 342 g/mol. The van der Waals surface area contributed by atoms with E-state index in [2.05, 4.69) is 26.2 Å². The van der Waals surface area contributed by atoms with Crippen molar-refractivity contribution in [2.75, 3.05) is 5.32 Å². The molecule has 21 heavy (non-hydrogen) atoms. The maximum absolute atomic E-state index is 11.3. The summed E-state index contributed by atoms with van der Waals surface area (Å²) in [5.41, 5.74) is 2.59. The summed E-state index contributed by atoms with van der Waals surface area (Å²) < 4.78 is 6.53. The number of aromatic nitrogens is 1. The van der Waals surface area contributed by atoms with Gasteiger partial charge in [0.15, 0.2) is 11.9 Å². The van der Waals surface area contributed by atoms with E-state index in [-0.39, 0.29) is 0 Å². The van der Waals surface area contributed by atoms with Gasteiger partial charge in [0, 0.05) is 16.4 Å². The van der Waals surface area contributed by atoms with Crippen LogP contribution in [-0.4, -0.2) is 11.3 Å². The molecule has 0 bridgehead atoms. The van der Waals surface area contributed by atoms with Gasteiger partial charge in [0.05, 0.1) is 5.57 Å². The Kier molecular flexibility index (Phi) is 3.83. The highest BCUT2D eigenvalue weighted by atomic mass is 79.9. The number of aldehydes is 1. The standard InChI is InChI=1S/C16H11BrN2O2/c17-12-4-3-5-13(8-12)18-9-11(10-20)16-19-14-6-1-2-7-15(14)21-16/h1-10,18H/b11-9+. The molecule has 0 aliphatic carbocycles. The van der Waals surface area contributed by atoms with Crippen LogP contribution in [0.25, 0.3) is 16.7 Å². The van der Waals surface area contributed by atoms with Gasteiger partial charge in [-0.15, -0.1) is 0 Å². The second-order valence-electron chi connectivity index (χ2n) is 4.36. The number of rotatable bonds is 4. The van der Waals surface area contributed by atoms with Crippen molar-refractivity contribution in [3.8, 4) is 0 Å². The van der Waals surface area contributed by atoms with Crippen molar-refractivity contribution in [2.45, 2.75) is 0 Å². The summed E-state index contributed by atoms with van der Waals surface area (Å²) in [6, 6.07) is 15.0. The second kappa shape index (κ2) is 5.93. The Morgan fingerprint density at radius 3 is 2.81 bits per heavy atom. The number of oxazole rings is 1. The van der Waals surface area contributed by atoms with E-state index in [1.54, 1.807) is 6.20 Å². The van der Waals surface area contributed by atoms with E-state index in [1.807, 2.05) is 48.5 Å². The lowest BCUT2D eigenvalue weighted by atomic mass is 10.3. The first-order valence-electron chi connectivity index (χ1n) is 6.29. The number of anilines is 1. The molecule has 0 unspecified atom stereocenters. The van der Waals surface area contributed by atoms with Crippen LogP contribution in [-0.2, 0) is 4.79 Å². The fourth-order valence-corrected chi connectivity index (χ4v) is 2.28. The van der Waals surface area contributed by atoms with Crippen LogP contribution in [0.5, 0.6) is 0 Å². The van der Waals surface area contributed by atoms with Crippen molar-refractivity contribution in [3.05, 3.63) is 65.1 Å². The number of halogens is 1. The fourth-order valence-electron chi connectivity index (χ4n) is 1.88. The molecule has 1 aromatic heterocycles. The van der Waals surface area contributed by atoms with Gasteiger partial charge in [-0.25, -0.2) is 4.98 Å². The molecule has 0 spiro atoms. The van der Waals surface area contributed by atoms with Gasteiger partial charge < -0.3 is 9.73 Å². The van der Waals surface area contributed by atoms with Crippen molar-refractivity contribution in [2.24, 2.45) is 0 Å². The summed E-state index contributed by atoms with van der Waals surface area (Å²) in [6.45, 7) is 0. The largest absolute Gasteiger partial charge is 0.436 e. The lowest BCUT2D eigenvalue weighted by Gasteiger charge is -2.01. The normalized spacial score (nSPS) is 11.6. The predicted octanol–water partition coefficient (Wildman–Crippen LogP) is 4.24. The van der Waals surface area contributed by atoms with Gasteiger partial charge >= 0.3 is 0 Å². The molecule has 2 aromatic carbocycles. The molecule has 104 valence electrons. The number of nitrogens with zero attached hydrogens (tertiary/aromatic N) is 1. The maximum Gasteiger partial charge on any atom is 0.232 e. The van der Waals surface area contributed by atoms with Crippen LogP contribution >= 0.6 is 15.9 Å². The molecule has 5 heteroatoms. The zero-order valence-electron chi connectivity index (χ0n) is 10.9. The molecule has 0 amide bonds. The zero-order chi connectivity index (χ0) is 14.7. The SMILES string of the molecule is O=C/C(=C\Nc1cccc(Br)c1)c1nc2ccccc2o1.